The van der Waals surface area contributed by atoms with Crippen LogP contribution in [0.25, 0.3) is 10.8 Å². The van der Waals surface area contributed by atoms with Crippen LogP contribution in [0.1, 0.15) is 26.4 Å². The number of hydrogen-bond donors (Lipinski definition) is 2. The van der Waals surface area contributed by atoms with E-state index < -0.39 is 11.8 Å². The summed E-state index contributed by atoms with van der Waals surface area (Å²) in [7, 11) is 1.47. The highest BCUT2D eigenvalue weighted by atomic mass is 16.2. The van der Waals surface area contributed by atoms with Crippen molar-refractivity contribution in [2.24, 2.45) is 7.05 Å². The van der Waals surface area contributed by atoms with Gasteiger partial charge in [0.1, 0.15) is 0 Å². The van der Waals surface area contributed by atoms with Gasteiger partial charge in [0.15, 0.2) is 5.69 Å². The fourth-order valence-corrected chi connectivity index (χ4v) is 2.42. The van der Waals surface area contributed by atoms with Crippen LogP contribution < -0.4 is 16.4 Å². The van der Waals surface area contributed by atoms with E-state index in [2.05, 4.69) is 16.0 Å². The molecule has 0 fully saturated rings. The lowest BCUT2D eigenvalue weighted by Crippen LogP contribution is -2.42. The number of hydrogen-bond acceptors (Lipinski definition) is 4. The van der Waals surface area contributed by atoms with Gasteiger partial charge < -0.3 is 0 Å². The van der Waals surface area contributed by atoms with E-state index in [1.54, 1.807) is 48.5 Å². The van der Waals surface area contributed by atoms with Crippen molar-refractivity contribution in [1.82, 2.24) is 20.6 Å². The summed E-state index contributed by atoms with van der Waals surface area (Å²) in [6.45, 7) is 1.92. The van der Waals surface area contributed by atoms with E-state index >= 15 is 0 Å². The third kappa shape index (κ3) is 3.25. The van der Waals surface area contributed by atoms with Crippen molar-refractivity contribution in [2.45, 2.75) is 6.92 Å². The van der Waals surface area contributed by atoms with E-state index in [9.17, 15) is 14.4 Å². The smallest absolute Gasteiger partial charge is 0.267 e. The van der Waals surface area contributed by atoms with Crippen LogP contribution in [-0.4, -0.2) is 21.6 Å². The predicted octanol–water partition coefficient (Wildman–Crippen LogP) is 1.32. The van der Waals surface area contributed by atoms with E-state index in [0.717, 1.165) is 10.2 Å². The lowest BCUT2D eigenvalue weighted by molar-refractivity contribution is 0.0844. The molecule has 2 N–H and O–H groups in total. The van der Waals surface area contributed by atoms with Gasteiger partial charge in [-0.2, -0.15) is 5.10 Å². The van der Waals surface area contributed by atoms with E-state index in [4.69, 9.17) is 0 Å². The Morgan fingerprint density at radius 1 is 0.920 bits per heavy atom. The van der Waals surface area contributed by atoms with Gasteiger partial charge in [0.2, 0.25) is 0 Å². The third-order valence-corrected chi connectivity index (χ3v) is 3.77. The number of aryl methyl sites for hydroxylation is 2. The average molecular weight is 336 g/mol. The topological polar surface area (TPSA) is 93.1 Å². The highest BCUT2D eigenvalue weighted by Crippen LogP contribution is 2.12. The number of fused-ring (bicyclic) bond motifs is 1. The molecule has 2 aromatic carbocycles. The number of aromatic nitrogens is 2. The molecule has 0 aliphatic heterocycles. The molecule has 25 heavy (non-hydrogen) atoms. The number of rotatable bonds is 2. The van der Waals surface area contributed by atoms with Crippen molar-refractivity contribution >= 4 is 22.6 Å². The minimum Gasteiger partial charge on any atom is -0.267 e. The summed E-state index contributed by atoms with van der Waals surface area (Å²) in [6.07, 6.45) is 0. The van der Waals surface area contributed by atoms with Crippen LogP contribution in [-0.2, 0) is 7.05 Å². The summed E-state index contributed by atoms with van der Waals surface area (Å²) >= 11 is 0. The molecule has 1 heterocycles. The third-order valence-electron chi connectivity index (χ3n) is 3.77. The van der Waals surface area contributed by atoms with E-state index in [-0.39, 0.29) is 11.3 Å². The van der Waals surface area contributed by atoms with Gasteiger partial charge in [-0.05, 0) is 25.1 Å². The van der Waals surface area contributed by atoms with Gasteiger partial charge in [0.25, 0.3) is 17.4 Å². The average Bonchev–Trinajstić information content (AvgIpc) is 2.63. The SMILES string of the molecule is Cc1ccc(C(=O)NNC(=O)c2nn(C)c(=O)c3ccccc23)cc1. The van der Waals surface area contributed by atoms with Gasteiger partial charge in [-0.25, -0.2) is 4.68 Å². The van der Waals surface area contributed by atoms with Crippen molar-refractivity contribution in [3.8, 4) is 0 Å². The molecule has 7 nitrogen and oxygen atoms in total. The lowest BCUT2D eigenvalue weighted by atomic mass is 10.1. The van der Waals surface area contributed by atoms with Crippen molar-refractivity contribution < 1.29 is 9.59 Å². The molecule has 0 saturated carbocycles. The zero-order chi connectivity index (χ0) is 18.0. The van der Waals surface area contributed by atoms with Crippen LogP contribution >= 0.6 is 0 Å². The van der Waals surface area contributed by atoms with Crippen LogP contribution in [0.2, 0.25) is 0 Å². The molecule has 126 valence electrons. The van der Waals surface area contributed by atoms with E-state index in [1.165, 1.54) is 7.05 Å². The quantitative estimate of drug-likeness (QED) is 0.690. The molecule has 0 radical (unpaired) electrons. The molecule has 3 aromatic rings. The monoisotopic (exact) mass is 336 g/mol. The molecule has 2 amide bonds. The van der Waals surface area contributed by atoms with Gasteiger partial charge in [0.05, 0.1) is 5.39 Å². The van der Waals surface area contributed by atoms with Crippen molar-refractivity contribution in [1.29, 1.82) is 0 Å². The van der Waals surface area contributed by atoms with Crippen molar-refractivity contribution in [2.75, 3.05) is 0 Å². The Kier molecular flexibility index (Phi) is 4.30. The second-order valence-electron chi connectivity index (χ2n) is 5.60. The fourth-order valence-electron chi connectivity index (χ4n) is 2.42. The van der Waals surface area contributed by atoms with Crippen LogP contribution in [0, 0.1) is 6.92 Å². The maximum atomic E-state index is 12.4. The predicted molar refractivity (Wildman–Crippen MR) is 93.1 cm³/mol. The van der Waals surface area contributed by atoms with Gasteiger partial charge in [-0.15, -0.1) is 0 Å². The summed E-state index contributed by atoms with van der Waals surface area (Å²) in [5.41, 5.74) is 5.90. The van der Waals surface area contributed by atoms with Crippen LogP contribution in [0.4, 0.5) is 0 Å². The normalized spacial score (nSPS) is 10.5. The largest absolute Gasteiger partial charge is 0.290 e. The van der Waals surface area contributed by atoms with Crippen molar-refractivity contribution in [3.63, 3.8) is 0 Å². The molecule has 0 aliphatic rings. The van der Waals surface area contributed by atoms with Gasteiger partial charge >= 0.3 is 0 Å². The molecule has 0 atom stereocenters. The number of nitrogens with one attached hydrogen (secondary N) is 2. The van der Waals surface area contributed by atoms with Crippen LogP contribution in [0.3, 0.4) is 0 Å². The maximum Gasteiger partial charge on any atom is 0.290 e. The highest BCUT2D eigenvalue weighted by molar-refractivity contribution is 6.06. The Bertz CT molecular complexity index is 1020. The Labute approximate surface area is 143 Å². The number of hydrazine groups is 1. The summed E-state index contributed by atoms with van der Waals surface area (Å²) < 4.78 is 1.10. The van der Waals surface area contributed by atoms with E-state index in [1.807, 2.05) is 6.92 Å². The number of carbonyl (C=O) groups is 2. The summed E-state index contributed by atoms with van der Waals surface area (Å²) in [4.78, 5) is 36.6. The first-order valence-corrected chi connectivity index (χ1v) is 7.61. The summed E-state index contributed by atoms with van der Waals surface area (Å²) in [5, 5.41) is 4.81. The first-order chi connectivity index (χ1) is 12.0. The summed E-state index contributed by atoms with van der Waals surface area (Å²) in [6, 6.07) is 13.6. The first-order valence-electron chi connectivity index (χ1n) is 7.61. The number of benzene rings is 2. The van der Waals surface area contributed by atoms with Crippen molar-refractivity contribution in [3.05, 3.63) is 75.7 Å². The Hall–Kier alpha value is -3.48. The highest BCUT2D eigenvalue weighted by Gasteiger charge is 2.16. The molecule has 1 aromatic heterocycles. The van der Waals surface area contributed by atoms with Gasteiger partial charge in [-0.1, -0.05) is 35.9 Å². The second kappa shape index (κ2) is 6.56. The standard InChI is InChI=1S/C18H16N4O3/c1-11-7-9-12(10-8-11)16(23)19-20-17(24)15-13-5-3-4-6-14(13)18(25)22(2)21-15/h3-10H,1-2H3,(H,19,23)(H,20,24). The second-order valence-corrected chi connectivity index (χ2v) is 5.60. The zero-order valence-corrected chi connectivity index (χ0v) is 13.7. The molecule has 0 bridgehead atoms. The minimum absolute atomic E-state index is 0.0573. The van der Waals surface area contributed by atoms with E-state index in [0.29, 0.717) is 16.3 Å². The van der Waals surface area contributed by atoms with Gasteiger partial charge in [-0.3, -0.25) is 25.2 Å². The maximum absolute atomic E-state index is 12.4. The summed E-state index contributed by atoms with van der Waals surface area (Å²) in [5.74, 6) is -1.05. The van der Waals surface area contributed by atoms with Crippen LogP contribution in [0.15, 0.2) is 53.3 Å². The fraction of sp³-hybridized carbons (Fsp3) is 0.111. The molecule has 3 rings (SSSR count). The minimum atomic E-state index is -0.604. The lowest BCUT2D eigenvalue weighted by Gasteiger charge is -2.10. The zero-order valence-electron chi connectivity index (χ0n) is 13.7. The molecule has 0 unspecified atom stereocenters. The van der Waals surface area contributed by atoms with Gasteiger partial charge in [0, 0.05) is 18.0 Å². The molecule has 0 spiro atoms. The Morgan fingerprint density at radius 2 is 1.52 bits per heavy atom. The number of nitrogens with zero attached hydrogens (tertiary/aromatic N) is 2. The van der Waals surface area contributed by atoms with Crippen LogP contribution in [0.5, 0.6) is 0 Å². The number of amides is 2. The first kappa shape index (κ1) is 16.4. The molecule has 0 saturated heterocycles. The molecule has 7 heteroatoms. The number of carbonyl (C=O) groups excluding carboxylic acids is 2. The Morgan fingerprint density at radius 3 is 2.20 bits per heavy atom. The Balaban J connectivity index is 1.83. The molecular formula is C18H16N4O3. The molecular weight excluding hydrogens is 320 g/mol. The molecule has 0 aliphatic carbocycles.